The average Bonchev–Trinajstić information content (AvgIpc) is 3.11. The molecule has 0 atom stereocenters. The Morgan fingerprint density at radius 1 is 0.380 bits per heavy atom. The maximum Gasteiger partial charge on any atom is 0.118 e. The van der Waals surface area contributed by atoms with Crippen LogP contribution in [-0.4, -0.2) is 20.4 Å². The minimum absolute atomic E-state index is 0.305. The van der Waals surface area contributed by atoms with Crippen LogP contribution in [0.4, 0.5) is 0 Å². The number of phenols is 4. The molecule has 4 nitrogen and oxygen atoms in total. The van der Waals surface area contributed by atoms with Crippen molar-refractivity contribution >= 4 is 0 Å². The van der Waals surface area contributed by atoms with Gasteiger partial charge in [-0.05, 0) is 96.5 Å². The van der Waals surface area contributed by atoms with Crippen molar-refractivity contribution in [1.29, 1.82) is 0 Å². The van der Waals surface area contributed by atoms with Gasteiger partial charge in [-0.1, -0.05) is 152 Å². The summed E-state index contributed by atoms with van der Waals surface area (Å²) in [7, 11) is 0. The molecule has 50 heavy (non-hydrogen) atoms. The summed E-state index contributed by atoms with van der Waals surface area (Å²) >= 11 is 0. The molecular weight excluding hydrogens is 617 g/mol. The molecule has 4 aromatic rings. The Bertz CT molecular complexity index is 1400. The minimum Gasteiger partial charge on any atom is -0.508 e. The zero-order valence-electron chi connectivity index (χ0n) is 31.3. The van der Waals surface area contributed by atoms with E-state index in [1.165, 1.54) is 112 Å². The van der Waals surface area contributed by atoms with E-state index in [9.17, 15) is 20.4 Å². The van der Waals surface area contributed by atoms with E-state index < -0.39 is 0 Å². The Labute approximate surface area is 303 Å². The third-order valence-corrected chi connectivity index (χ3v) is 10.0. The number of hydrogen-bond donors (Lipinski definition) is 4. The van der Waals surface area contributed by atoms with E-state index in [0.29, 0.717) is 34.8 Å². The van der Waals surface area contributed by atoms with Gasteiger partial charge in [0.2, 0.25) is 0 Å². The highest BCUT2D eigenvalue weighted by atomic mass is 16.3. The number of benzene rings is 4. The highest BCUT2D eigenvalue weighted by Gasteiger charge is 2.17. The second-order valence-corrected chi connectivity index (χ2v) is 14.2. The fraction of sp³-hybridized carbons (Fsp3) is 0.478. The molecule has 0 radical (unpaired) electrons. The summed E-state index contributed by atoms with van der Waals surface area (Å²) in [5.74, 6) is 1.94. The summed E-state index contributed by atoms with van der Waals surface area (Å²) in [4.78, 5) is 0. The maximum atomic E-state index is 9.86. The van der Waals surface area contributed by atoms with Crippen LogP contribution < -0.4 is 0 Å². The fourth-order valence-corrected chi connectivity index (χ4v) is 6.87. The van der Waals surface area contributed by atoms with E-state index in [-0.39, 0.29) is 0 Å². The monoisotopic (exact) mass is 680 g/mol. The first-order chi connectivity index (χ1) is 24.2. The minimum atomic E-state index is 0.305. The van der Waals surface area contributed by atoms with Crippen molar-refractivity contribution in [3.05, 3.63) is 118 Å². The molecular formula is C46H64O4. The lowest BCUT2D eigenvalue weighted by atomic mass is 9.85. The van der Waals surface area contributed by atoms with Gasteiger partial charge in [0.05, 0.1) is 0 Å². The largest absolute Gasteiger partial charge is 0.508 e. The van der Waals surface area contributed by atoms with Crippen molar-refractivity contribution in [2.75, 3.05) is 0 Å². The third kappa shape index (κ3) is 14.1. The smallest absolute Gasteiger partial charge is 0.118 e. The first-order valence-electron chi connectivity index (χ1n) is 19.4. The van der Waals surface area contributed by atoms with Crippen LogP contribution in [0.2, 0.25) is 0 Å². The second-order valence-electron chi connectivity index (χ2n) is 14.2. The summed E-state index contributed by atoms with van der Waals surface area (Å²) in [6.45, 7) is 8.40. The zero-order valence-corrected chi connectivity index (χ0v) is 31.3. The molecule has 0 bridgehead atoms. The van der Waals surface area contributed by atoms with Crippen LogP contribution in [0.15, 0.2) is 84.9 Å². The summed E-state index contributed by atoms with van der Waals surface area (Å²) in [6.07, 6.45) is 20.5. The van der Waals surface area contributed by atoms with Crippen molar-refractivity contribution in [1.82, 2.24) is 0 Å². The Morgan fingerprint density at radius 3 is 1.02 bits per heavy atom. The Balaban J connectivity index is 0.000000271. The lowest BCUT2D eigenvalue weighted by Crippen LogP contribution is -2.02. The fourth-order valence-electron chi connectivity index (χ4n) is 6.87. The number of rotatable bonds is 20. The van der Waals surface area contributed by atoms with E-state index in [2.05, 4.69) is 26.0 Å². The molecule has 4 N–H and O–H groups in total. The number of hydrogen-bond acceptors (Lipinski definition) is 4. The van der Waals surface area contributed by atoms with Crippen molar-refractivity contribution < 1.29 is 20.4 Å². The molecule has 0 unspecified atom stereocenters. The predicted molar refractivity (Wildman–Crippen MR) is 211 cm³/mol. The van der Waals surface area contributed by atoms with E-state index in [0.717, 1.165) is 24.0 Å². The molecule has 4 rings (SSSR count). The van der Waals surface area contributed by atoms with E-state index in [1.54, 1.807) is 36.4 Å². The van der Waals surface area contributed by atoms with Crippen molar-refractivity contribution in [3.63, 3.8) is 0 Å². The molecule has 0 spiro atoms. The summed E-state index contributed by atoms with van der Waals surface area (Å²) in [6, 6.07) is 26.9. The van der Waals surface area contributed by atoms with Gasteiger partial charge in [-0.25, -0.2) is 0 Å². The quantitative estimate of drug-likeness (QED) is 0.0700. The number of phenolic OH excluding ortho intramolecular Hbond substituents is 4. The van der Waals surface area contributed by atoms with Crippen molar-refractivity contribution in [3.8, 4) is 23.0 Å². The van der Waals surface area contributed by atoms with Gasteiger partial charge in [0.1, 0.15) is 23.0 Å². The van der Waals surface area contributed by atoms with Crippen LogP contribution in [0.25, 0.3) is 0 Å². The van der Waals surface area contributed by atoms with Crippen LogP contribution in [0.3, 0.4) is 0 Å². The Kier molecular flexibility index (Phi) is 18.4. The van der Waals surface area contributed by atoms with Crippen molar-refractivity contribution in [2.24, 2.45) is 0 Å². The average molecular weight is 681 g/mol. The van der Waals surface area contributed by atoms with E-state index in [4.69, 9.17) is 0 Å². The third-order valence-electron chi connectivity index (χ3n) is 10.0. The molecule has 0 amide bonds. The van der Waals surface area contributed by atoms with Gasteiger partial charge in [0.15, 0.2) is 0 Å². The van der Waals surface area contributed by atoms with Gasteiger partial charge < -0.3 is 20.4 Å². The van der Waals surface area contributed by atoms with Gasteiger partial charge >= 0.3 is 0 Å². The normalized spacial score (nSPS) is 11.2. The molecule has 0 aliphatic heterocycles. The van der Waals surface area contributed by atoms with Gasteiger partial charge in [-0.15, -0.1) is 0 Å². The topological polar surface area (TPSA) is 80.9 Å². The Hall–Kier alpha value is -3.92. The predicted octanol–water partition coefficient (Wildman–Crippen LogP) is 13.4. The van der Waals surface area contributed by atoms with Crippen LogP contribution in [0, 0.1) is 13.8 Å². The second kappa shape index (κ2) is 22.7. The first kappa shape index (κ1) is 40.5. The highest BCUT2D eigenvalue weighted by Crippen LogP contribution is 2.35. The molecule has 0 aliphatic rings. The lowest BCUT2D eigenvalue weighted by Gasteiger charge is -2.20. The molecule has 0 saturated carbocycles. The molecule has 272 valence electrons. The van der Waals surface area contributed by atoms with Crippen LogP contribution in [0.1, 0.15) is 162 Å². The molecule has 0 aliphatic carbocycles. The summed E-state index contributed by atoms with van der Waals surface area (Å²) in [5.41, 5.74) is 6.78. The molecule has 0 fully saturated rings. The van der Waals surface area contributed by atoms with Gasteiger partial charge in [-0.2, -0.15) is 0 Å². The standard InChI is InChI=1S/C24H34O2.C22H30O2/c1-4-5-6-7-8-9-10-11-22(20-12-14-23(25)18(2)16-20)21-13-15-24(26)19(3)17-21;1-2-3-4-5-6-7-8-9-22(18-10-14-20(23)15-11-18)19-12-16-21(24)17-13-19/h12-17,22,25-26H,4-11H2,1-3H3;10-17,22-24H,2-9H2,1H3. The van der Waals surface area contributed by atoms with E-state index in [1.807, 2.05) is 50.2 Å². The molecule has 4 aromatic carbocycles. The number of aryl methyl sites for hydroxylation is 2. The molecule has 0 aromatic heterocycles. The van der Waals surface area contributed by atoms with Gasteiger partial charge in [0, 0.05) is 11.8 Å². The Morgan fingerprint density at radius 2 is 0.680 bits per heavy atom. The summed E-state index contributed by atoms with van der Waals surface area (Å²) in [5, 5.41) is 38.8. The molecule has 4 heteroatoms. The van der Waals surface area contributed by atoms with E-state index >= 15 is 0 Å². The highest BCUT2D eigenvalue weighted by molar-refractivity contribution is 5.43. The van der Waals surface area contributed by atoms with Crippen molar-refractivity contribution in [2.45, 2.75) is 142 Å². The van der Waals surface area contributed by atoms with Crippen LogP contribution in [-0.2, 0) is 0 Å². The summed E-state index contributed by atoms with van der Waals surface area (Å²) < 4.78 is 0. The molecule has 0 saturated heterocycles. The van der Waals surface area contributed by atoms with Gasteiger partial charge in [0.25, 0.3) is 0 Å². The van der Waals surface area contributed by atoms with Gasteiger partial charge in [-0.3, -0.25) is 0 Å². The number of unbranched alkanes of at least 4 members (excludes halogenated alkanes) is 12. The van der Waals surface area contributed by atoms with Crippen LogP contribution >= 0.6 is 0 Å². The first-order valence-corrected chi connectivity index (χ1v) is 19.4. The lowest BCUT2D eigenvalue weighted by molar-refractivity contribution is 0.470. The number of aromatic hydroxyl groups is 4. The van der Waals surface area contributed by atoms with Crippen LogP contribution in [0.5, 0.6) is 23.0 Å². The maximum absolute atomic E-state index is 9.86. The zero-order chi connectivity index (χ0) is 36.1. The molecule has 0 heterocycles. The SMILES string of the molecule is CCCCCCCCCC(c1ccc(O)c(C)c1)c1ccc(O)c(C)c1.CCCCCCCCCC(c1ccc(O)cc1)c1ccc(O)cc1.